The first-order valence-corrected chi connectivity index (χ1v) is 11.9. The Balaban J connectivity index is 1.70. The number of thiophene rings is 1. The van der Waals surface area contributed by atoms with Crippen molar-refractivity contribution in [1.29, 1.82) is 0 Å². The summed E-state index contributed by atoms with van der Waals surface area (Å²) in [4.78, 5) is 19.0. The number of imidazole rings is 1. The van der Waals surface area contributed by atoms with Crippen molar-refractivity contribution in [1.82, 2.24) is 29.3 Å². The lowest BCUT2D eigenvalue weighted by atomic mass is 10.1. The maximum atomic E-state index is 5.69. The number of hydrogen-bond donors (Lipinski definition) is 0. The second kappa shape index (κ2) is 8.29. The van der Waals surface area contributed by atoms with E-state index in [4.69, 9.17) is 19.8 Å². The minimum Gasteiger partial charge on any atom is -0.380 e. The van der Waals surface area contributed by atoms with Crippen LogP contribution in [0.4, 0.5) is 5.82 Å². The maximum Gasteiger partial charge on any atom is 0.199 e. The average Bonchev–Trinajstić information content (AvgIpc) is 3.52. The van der Waals surface area contributed by atoms with Crippen LogP contribution in [0, 0.1) is 6.92 Å². The van der Waals surface area contributed by atoms with E-state index in [0.29, 0.717) is 11.9 Å². The zero-order valence-corrected chi connectivity index (χ0v) is 20.1. The molecule has 0 N–H and O–H groups in total. The van der Waals surface area contributed by atoms with E-state index in [2.05, 4.69) is 36.7 Å². The van der Waals surface area contributed by atoms with E-state index >= 15 is 0 Å². The topological polar surface area (TPSA) is 73.9 Å². The Labute approximate surface area is 191 Å². The second-order valence-corrected chi connectivity index (χ2v) is 9.69. The minimum absolute atomic E-state index is 0.213. The van der Waals surface area contributed by atoms with Crippen molar-refractivity contribution in [3.63, 3.8) is 0 Å². The fourth-order valence-electron chi connectivity index (χ4n) is 4.34. The molecule has 4 aromatic rings. The van der Waals surface area contributed by atoms with Gasteiger partial charge in [-0.2, -0.15) is 5.10 Å². The molecule has 0 unspecified atom stereocenters. The highest BCUT2D eigenvalue weighted by atomic mass is 32.1. The Kier molecular flexibility index (Phi) is 5.46. The lowest BCUT2D eigenvalue weighted by Crippen LogP contribution is -2.39. The molecule has 1 aliphatic rings. The summed E-state index contributed by atoms with van der Waals surface area (Å²) in [5.41, 5.74) is 2.16. The molecule has 0 bridgehead atoms. The third kappa shape index (κ3) is 3.59. The van der Waals surface area contributed by atoms with Crippen molar-refractivity contribution >= 4 is 27.4 Å². The number of aromatic nitrogens is 6. The van der Waals surface area contributed by atoms with Gasteiger partial charge in [-0.15, -0.1) is 11.3 Å². The number of piperidine rings is 1. The first-order chi connectivity index (χ1) is 15.5. The minimum atomic E-state index is 0.213. The van der Waals surface area contributed by atoms with Crippen LogP contribution in [0.3, 0.4) is 0 Å². The van der Waals surface area contributed by atoms with E-state index in [1.807, 2.05) is 28.7 Å². The lowest BCUT2D eigenvalue weighted by molar-refractivity contribution is 0.0892. The number of anilines is 1. The largest absolute Gasteiger partial charge is 0.380 e. The van der Waals surface area contributed by atoms with Crippen LogP contribution in [0.1, 0.15) is 38.3 Å². The zero-order chi connectivity index (χ0) is 22.4. The highest BCUT2D eigenvalue weighted by Gasteiger charge is 2.27. The van der Waals surface area contributed by atoms with Crippen molar-refractivity contribution in [3.05, 3.63) is 30.2 Å². The Bertz CT molecular complexity index is 1250. The van der Waals surface area contributed by atoms with Crippen LogP contribution in [0.25, 0.3) is 32.4 Å². The second-order valence-electron chi connectivity index (χ2n) is 8.69. The summed E-state index contributed by atoms with van der Waals surface area (Å²) in [5.74, 6) is 2.39. The van der Waals surface area contributed by atoms with Crippen LogP contribution in [0.5, 0.6) is 0 Å². The Hall–Kier alpha value is -2.78. The van der Waals surface area contributed by atoms with Gasteiger partial charge >= 0.3 is 0 Å². The molecule has 0 spiro atoms. The van der Waals surface area contributed by atoms with Gasteiger partial charge in [0.2, 0.25) is 0 Å². The molecule has 0 aliphatic carbocycles. The van der Waals surface area contributed by atoms with Gasteiger partial charge in [-0.1, -0.05) is 0 Å². The highest BCUT2D eigenvalue weighted by Crippen LogP contribution is 2.42. The van der Waals surface area contributed by atoms with Gasteiger partial charge in [0.05, 0.1) is 16.4 Å². The van der Waals surface area contributed by atoms with Gasteiger partial charge in [-0.05, 0) is 45.2 Å². The van der Waals surface area contributed by atoms with E-state index in [0.717, 1.165) is 58.4 Å². The molecule has 4 aromatic heterocycles. The molecule has 5 heterocycles. The molecule has 168 valence electrons. The monoisotopic (exact) mass is 451 g/mol. The van der Waals surface area contributed by atoms with Crippen LogP contribution >= 0.6 is 11.3 Å². The van der Waals surface area contributed by atoms with E-state index in [9.17, 15) is 0 Å². The fourth-order valence-corrected chi connectivity index (χ4v) is 5.48. The van der Waals surface area contributed by atoms with E-state index in [-0.39, 0.29) is 6.10 Å². The molecule has 0 saturated carbocycles. The number of rotatable bonds is 5. The van der Waals surface area contributed by atoms with Crippen molar-refractivity contribution in [2.24, 2.45) is 7.05 Å². The van der Waals surface area contributed by atoms with Crippen molar-refractivity contribution < 1.29 is 4.74 Å². The van der Waals surface area contributed by atoms with Crippen LogP contribution < -0.4 is 4.90 Å². The molecule has 5 rings (SSSR count). The summed E-state index contributed by atoms with van der Waals surface area (Å²) in [6.45, 7) is 8.22. The summed E-state index contributed by atoms with van der Waals surface area (Å²) in [5, 5.41) is 5.93. The summed E-state index contributed by atoms with van der Waals surface area (Å²) >= 11 is 1.68. The van der Waals surface area contributed by atoms with Crippen LogP contribution in [0.15, 0.2) is 24.7 Å². The zero-order valence-electron chi connectivity index (χ0n) is 19.2. The molecule has 8 nitrogen and oxygen atoms in total. The number of hydrogen-bond acceptors (Lipinski definition) is 7. The fraction of sp³-hybridized carbons (Fsp3) is 0.478. The Morgan fingerprint density at radius 3 is 2.75 bits per heavy atom. The number of aryl methyl sites for hydroxylation is 2. The molecule has 1 aliphatic heterocycles. The SMILES string of the molecule is CO[C@@H]1CCCN(c2nc(-c3nccn3C)nc3sc(-c4ccn(C(C)C)n4)c(C)c23)C1. The first kappa shape index (κ1) is 21.1. The summed E-state index contributed by atoms with van der Waals surface area (Å²) in [7, 11) is 3.77. The lowest BCUT2D eigenvalue weighted by Gasteiger charge is -2.33. The Morgan fingerprint density at radius 1 is 1.22 bits per heavy atom. The summed E-state index contributed by atoms with van der Waals surface area (Å²) in [6.07, 6.45) is 8.13. The van der Waals surface area contributed by atoms with Gasteiger partial charge in [-0.3, -0.25) is 4.68 Å². The predicted molar refractivity (Wildman–Crippen MR) is 128 cm³/mol. The van der Waals surface area contributed by atoms with E-state index in [1.165, 1.54) is 5.56 Å². The molecule has 1 saturated heterocycles. The number of ether oxygens (including phenoxy) is 1. The van der Waals surface area contributed by atoms with Crippen LogP contribution in [0.2, 0.25) is 0 Å². The average molecular weight is 452 g/mol. The maximum absolute atomic E-state index is 5.69. The normalized spacial score (nSPS) is 17.1. The summed E-state index contributed by atoms with van der Waals surface area (Å²) < 4.78 is 9.66. The van der Waals surface area contributed by atoms with Gasteiger partial charge in [0.15, 0.2) is 11.6 Å². The third-order valence-corrected chi connectivity index (χ3v) is 7.38. The van der Waals surface area contributed by atoms with Gasteiger partial charge in [0, 0.05) is 51.9 Å². The molecule has 9 heteroatoms. The first-order valence-electron chi connectivity index (χ1n) is 11.1. The number of nitrogens with zero attached hydrogens (tertiary/aromatic N) is 7. The number of methoxy groups -OCH3 is 1. The standard InChI is InChI=1S/C23H29N7OS/c1-14(2)30-11-8-17(27-30)19-15(3)18-21(29-10-6-7-16(13-29)31-5)25-20(26-23(18)32-19)22-24-9-12-28(22)4/h8-9,11-12,14,16H,6-7,10,13H2,1-5H3/t16-/m1/s1. The molecule has 0 radical (unpaired) electrons. The van der Waals surface area contributed by atoms with Gasteiger partial charge in [0.25, 0.3) is 0 Å². The highest BCUT2D eigenvalue weighted by molar-refractivity contribution is 7.22. The van der Waals surface area contributed by atoms with Gasteiger partial charge in [-0.25, -0.2) is 15.0 Å². The molecule has 32 heavy (non-hydrogen) atoms. The smallest absolute Gasteiger partial charge is 0.199 e. The molecular formula is C23H29N7OS. The molecular weight excluding hydrogens is 422 g/mol. The van der Waals surface area contributed by atoms with Gasteiger partial charge < -0.3 is 14.2 Å². The Morgan fingerprint density at radius 2 is 2.06 bits per heavy atom. The molecule has 1 atom stereocenters. The molecule has 0 aromatic carbocycles. The van der Waals surface area contributed by atoms with E-state index < -0.39 is 0 Å². The third-order valence-electron chi connectivity index (χ3n) is 6.17. The van der Waals surface area contributed by atoms with Gasteiger partial charge in [0.1, 0.15) is 16.3 Å². The quantitative estimate of drug-likeness (QED) is 0.446. The van der Waals surface area contributed by atoms with Crippen LogP contribution in [-0.2, 0) is 11.8 Å². The molecule has 1 fully saturated rings. The van der Waals surface area contributed by atoms with Crippen LogP contribution in [-0.4, -0.2) is 55.6 Å². The molecule has 0 amide bonds. The predicted octanol–water partition coefficient (Wildman–Crippen LogP) is 4.46. The van der Waals surface area contributed by atoms with E-state index in [1.54, 1.807) is 24.6 Å². The van der Waals surface area contributed by atoms with Crippen molar-refractivity contribution in [2.75, 3.05) is 25.1 Å². The van der Waals surface area contributed by atoms with Crippen molar-refractivity contribution in [2.45, 2.75) is 45.8 Å². The number of fused-ring (bicyclic) bond motifs is 1. The summed E-state index contributed by atoms with van der Waals surface area (Å²) in [6, 6.07) is 2.41. The van der Waals surface area contributed by atoms with Crippen molar-refractivity contribution in [3.8, 4) is 22.2 Å².